The summed E-state index contributed by atoms with van der Waals surface area (Å²) in [5.74, 6) is -0.632. The minimum absolute atomic E-state index is 0.103. The predicted molar refractivity (Wildman–Crippen MR) is 53.4 cm³/mol. The topological polar surface area (TPSA) is 63.3 Å². The summed E-state index contributed by atoms with van der Waals surface area (Å²) in [6, 6.07) is -0.225. The van der Waals surface area contributed by atoms with Gasteiger partial charge in [-0.25, -0.2) is 0 Å². The van der Waals surface area contributed by atoms with Crippen LogP contribution in [0.2, 0.25) is 0 Å². The van der Waals surface area contributed by atoms with Crippen LogP contribution in [0.25, 0.3) is 0 Å². The van der Waals surface area contributed by atoms with Gasteiger partial charge in [0.15, 0.2) is 0 Å². The third-order valence-corrected chi connectivity index (χ3v) is 2.21. The van der Waals surface area contributed by atoms with Crippen LogP contribution in [0.5, 0.6) is 0 Å². The van der Waals surface area contributed by atoms with Gasteiger partial charge in [0.1, 0.15) is 0 Å². The Morgan fingerprint density at radius 1 is 1.31 bits per heavy atom. The second kappa shape index (κ2) is 5.22. The first-order valence-electron chi connectivity index (χ1n) is 4.84. The molecule has 0 aromatic rings. The van der Waals surface area contributed by atoms with Crippen LogP contribution in [-0.2, 0) is 4.79 Å². The van der Waals surface area contributed by atoms with Crippen LogP contribution in [0.4, 0.5) is 0 Å². The van der Waals surface area contributed by atoms with Crippen molar-refractivity contribution in [3.05, 3.63) is 0 Å². The molecule has 0 aliphatic heterocycles. The Balaban J connectivity index is 4.28. The molecule has 2 unspecified atom stereocenters. The molecule has 0 aromatic carbocycles. The summed E-state index contributed by atoms with van der Waals surface area (Å²) in [5.41, 5.74) is 5.84. The molecule has 3 heteroatoms. The fourth-order valence-electron chi connectivity index (χ4n) is 1.65. The van der Waals surface area contributed by atoms with E-state index in [2.05, 4.69) is 13.8 Å². The molecule has 78 valence electrons. The molecule has 0 fully saturated rings. The van der Waals surface area contributed by atoms with E-state index >= 15 is 0 Å². The van der Waals surface area contributed by atoms with E-state index in [1.165, 1.54) is 0 Å². The van der Waals surface area contributed by atoms with Crippen molar-refractivity contribution in [3.8, 4) is 0 Å². The first-order valence-corrected chi connectivity index (χ1v) is 4.84. The van der Waals surface area contributed by atoms with E-state index in [-0.39, 0.29) is 12.0 Å². The second-order valence-corrected chi connectivity index (χ2v) is 4.40. The Morgan fingerprint density at radius 3 is 2.00 bits per heavy atom. The molecule has 0 saturated carbocycles. The van der Waals surface area contributed by atoms with E-state index in [4.69, 9.17) is 10.8 Å². The van der Waals surface area contributed by atoms with E-state index in [0.717, 1.165) is 6.42 Å². The highest BCUT2D eigenvalue weighted by Crippen LogP contribution is 2.19. The number of carbonyl (C=O) groups is 1. The van der Waals surface area contributed by atoms with Crippen LogP contribution < -0.4 is 5.73 Å². The maximum atomic E-state index is 10.9. The highest BCUT2D eigenvalue weighted by Gasteiger charge is 2.28. The molecule has 0 heterocycles. The number of nitrogens with two attached hydrogens (primary N) is 1. The van der Waals surface area contributed by atoms with Gasteiger partial charge in [-0.15, -0.1) is 0 Å². The standard InChI is InChI=1S/C10H21NO2/c1-6(2)5-8(11)9(7(3)4)10(12)13/h6-9H,5,11H2,1-4H3,(H,12,13). The third-order valence-electron chi connectivity index (χ3n) is 2.21. The van der Waals surface area contributed by atoms with Crippen molar-refractivity contribution in [2.24, 2.45) is 23.5 Å². The van der Waals surface area contributed by atoms with Crippen molar-refractivity contribution in [3.63, 3.8) is 0 Å². The van der Waals surface area contributed by atoms with E-state index < -0.39 is 11.9 Å². The van der Waals surface area contributed by atoms with E-state index in [1.807, 2.05) is 13.8 Å². The quantitative estimate of drug-likeness (QED) is 0.688. The molecule has 0 saturated heterocycles. The Kier molecular flexibility index (Phi) is 4.99. The van der Waals surface area contributed by atoms with Crippen molar-refractivity contribution in [1.82, 2.24) is 0 Å². The van der Waals surface area contributed by atoms with E-state index in [0.29, 0.717) is 5.92 Å². The summed E-state index contributed by atoms with van der Waals surface area (Å²) in [5, 5.41) is 8.95. The molecular formula is C10H21NO2. The monoisotopic (exact) mass is 187 g/mol. The molecule has 0 bridgehead atoms. The normalized spacial score (nSPS) is 16.2. The maximum Gasteiger partial charge on any atom is 0.308 e. The van der Waals surface area contributed by atoms with Gasteiger partial charge in [0, 0.05) is 6.04 Å². The van der Waals surface area contributed by atoms with Gasteiger partial charge < -0.3 is 10.8 Å². The summed E-state index contributed by atoms with van der Waals surface area (Å²) in [7, 11) is 0. The molecule has 0 rings (SSSR count). The Bertz CT molecular complexity index is 166. The molecular weight excluding hydrogens is 166 g/mol. The number of carboxylic acids is 1. The van der Waals surface area contributed by atoms with Crippen LogP contribution >= 0.6 is 0 Å². The molecule has 0 radical (unpaired) electrons. The third kappa shape index (κ3) is 4.27. The van der Waals surface area contributed by atoms with Crippen LogP contribution in [0, 0.1) is 17.8 Å². The SMILES string of the molecule is CC(C)CC(N)C(C(=O)O)C(C)C. The number of hydrogen-bond acceptors (Lipinski definition) is 2. The van der Waals surface area contributed by atoms with Gasteiger partial charge in [-0.1, -0.05) is 27.7 Å². The van der Waals surface area contributed by atoms with Crippen LogP contribution in [0.15, 0.2) is 0 Å². The highest BCUT2D eigenvalue weighted by molar-refractivity contribution is 5.71. The van der Waals surface area contributed by atoms with Crippen LogP contribution in [-0.4, -0.2) is 17.1 Å². The van der Waals surface area contributed by atoms with Crippen molar-refractivity contribution in [1.29, 1.82) is 0 Å². The summed E-state index contributed by atoms with van der Waals surface area (Å²) < 4.78 is 0. The molecule has 2 atom stereocenters. The van der Waals surface area contributed by atoms with E-state index in [9.17, 15) is 4.79 Å². The summed E-state index contributed by atoms with van der Waals surface area (Å²) in [6.45, 7) is 7.91. The molecule has 0 spiro atoms. The minimum atomic E-state index is -0.775. The number of rotatable bonds is 5. The summed E-state index contributed by atoms with van der Waals surface area (Å²) in [4.78, 5) is 10.9. The molecule has 13 heavy (non-hydrogen) atoms. The molecule has 3 N–H and O–H groups in total. The first-order chi connectivity index (χ1) is 5.86. The fraction of sp³-hybridized carbons (Fsp3) is 0.900. The molecule has 3 nitrogen and oxygen atoms in total. The van der Waals surface area contributed by atoms with Crippen molar-refractivity contribution >= 4 is 5.97 Å². The zero-order valence-corrected chi connectivity index (χ0v) is 8.95. The van der Waals surface area contributed by atoms with Gasteiger partial charge in [0.2, 0.25) is 0 Å². The average molecular weight is 187 g/mol. The lowest BCUT2D eigenvalue weighted by atomic mass is 9.85. The largest absolute Gasteiger partial charge is 0.481 e. The van der Waals surface area contributed by atoms with Crippen molar-refractivity contribution < 1.29 is 9.90 Å². The first kappa shape index (κ1) is 12.4. The highest BCUT2D eigenvalue weighted by atomic mass is 16.4. The lowest BCUT2D eigenvalue weighted by Gasteiger charge is -2.24. The smallest absolute Gasteiger partial charge is 0.308 e. The van der Waals surface area contributed by atoms with Crippen molar-refractivity contribution in [2.75, 3.05) is 0 Å². The lowest BCUT2D eigenvalue weighted by molar-refractivity contribution is -0.144. The number of aliphatic carboxylic acids is 1. The van der Waals surface area contributed by atoms with Gasteiger partial charge >= 0.3 is 5.97 Å². The minimum Gasteiger partial charge on any atom is -0.481 e. The summed E-state index contributed by atoms with van der Waals surface area (Å²) in [6.07, 6.45) is 0.773. The van der Waals surface area contributed by atoms with Gasteiger partial charge in [0.05, 0.1) is 5.92 Å². The number of carboxylic acid groups (broad SMARTS) is 1. The molecule has 0 aliphatic carbocycles. The van der Waals surface area contributed by atoms with Gasteiger partial charge in [0.25, 0.3) is 0 Å². The predicted octanol–water partition coefficient (Wildman–Crippen LogP) is 1.72. The molecule has 0 aromatic heterocycles. The Morgan fingerprint density at radius 2 is 1.77 bits per heavy atom. The maximum absolute atomic E-state index is 10.9. The molecule has 0 amide bonds. The van der Waals surface area contributed by atoms with Gasteiger partial charge in [-0.05, 0) is 18.3 Å². The molecule has 0 aliphatic rings. The van der Waals surface area contributed by atoms with Crippen molar-refractivity contribution in [2.45, 2.75) is 40.2 Å². The fourth-order valence-corrected chi connectivity index (χ4v) is 1.65. The summed E-state index contributed by atoms with van der Waals surface area (Å²) >= 11 is 0. The Hall–Kier alpha value is -0.570. The van der Waals surface area contributed by atoms with Crippen LogP contribution in [0.3, 0.4) is 0 Å². The number of hydrogen-bond donors (Lipinski definition) is 2. The lowest BCUT2D eigenvalue weighted by Crippen LogP contribution is -2.39. The zero-order chi connectivity index (χ0) is 10.6. The Labute approximate surface area is 80.3 Å². The van der Waals surface area contributed by atoms with Gasteiger partial charge in [-0.3, -0.25) is 4.79 Å². The van der Waals surface area contributed by atoms with Crippen LogP contribution in [0.1, 0.15) is 34.1 Å². The second-order valence-electron chi connectivity index (χ2n) is 4.40. The zero-order valence-electron chi connectivity index (χ0n) is 8.95. The van der Waals surface area contributed by atoms with Gasteiger partial charge in [-0.2, -0.15) is 0 Å². The average Bonchev–Trinajstić information content (AvgIpc) is 1.81. The van der Waals surface area contributed by atoms with E-state index in [1.54, 1.807) is 0 Å².